The molecule has 0 saturated carbocycles. The third-order valence-corrected chi connectivity index (χ3v) is 4.93. The van der Waals surface area contributed by atoms with Gasteiger partial charge >= 0.3 is 0 Å². The molecule has 6 heteroatoms. The van der Waals surface area contributed by atoms with Crippen LogP contribution in [0.4, 0.5) is 5.69 Å². The summed E-state index contributed by atoms with van der Waals surface area (Å²) in [5, 5.41) is 3.74. The standard InChI is InChI=1S/C24H21N3O3/c1-15-10-11-25-14-21(15)27-24(28)18-13-20(26-19-7-5-4-6-17(18)19)16-8-9-22(29-2)23(12-16)30-3/h4-14H,1-3H3,(H,27,28). The Bertz CT molecular complexity index is 1240. The molecule has 0 fully saturated rings. The number of rotatable bonds is 5. The van der Waals surface area contributed by atoms with Crippen LogP contribution in [0.5, 0.6) is 11.5 Å². The Kier molecular flexibility index (Phi) is 5.30. The molecular weight excluding hydrogens is 378 g/mol. The summed E-state index contributed by atoms with van der Waals surface area (Å²) in [7, 11) is 3.18. The molecule has 2 aromatic carbocycles. The lowest BCUT2D eigenvalue weighted by Crippen LogP contribution is -2.14. The molecule has 0 atom stereocenters. The van der Waals surface area contributed by atoms with Gasteiger partial charge in [0.1, 0.15) is 0 Å². The second kappa shape index (κ2) is 8.21. The van der Waals surface area contributed by atoms with E-state index < -0.39 is 0 Å². The van der Waals surface area contributed by atoms with Gasteiger partial charge in [-0.15, -0.1) is 0 Å². The molecule has 2 heterocycles. The molecule has 6 nitrogen and oxygen atoms in total. The molecule has 2 aromatic heterocycles. The van der Waals surface area contributed by atoms with Gasteiger partial charge in [-0.1, -0.05) is 18.2 Å². The number of ether oxygens (including phenoxy) is 2. The Labute approximate surface area is 174 Å². The number of pyridine rings is 2. The number of aryl methyl sites for hydroxylation is 1. The summed E-state index contributed by atoms with van der Waals surface area (Å²) >= 11 is 0. The first kappa shape index (κ1) is 19.4. The van der Waals surface area contributed by atoms with Crippen LogP contribution < -0.4 is 14.8 Å². The minimum absolute atomic E-state index is 0.216. The summed E-state index contributed by atoms with van der Waals surface area (Å²) in [6.07, 6.45) is 3.34. The number of para-hydroxylation sites is 1. The second-order valence-electron chi connectivity index (χ2n) is 6.79. The van der Waals surface area contributed by atoms with Crippen molar-refractivity contribution in [2.75, 3.05) is 19.5 Å². The van der Waals surface area contributed by atoms with Crippen molar-refractivity contribution in [3.05, 3.63) is 78.1 Å². The van der Waals surface area contributed by atoms with E-state index in [4.69, 9.17) is 14.5 Å². The first-order valence-corrected chi connectivity index (χ1v) is 9.45. The quantitative estimate of drug-likeness (QED) is 0.518. The monoisotopic (exact) mass is 399 g/mol. The van der Waals surface area contributed by atoms with E-state index in [-0.39, 0.29) is 5.91 Å². The van der Waals surface area contributed by atoms with Crippen LogP contribution >= 0.6 is 0 Å². The van der Waals surface area contributed by atoms with Crippen molar-refractivity contribution in [1.82, 2.24) is 9.97 Å². The number of benzene rings is 2. The maximum atomic E-state index is 13.2. The zero-order valence-electron chi connectivity index (χ0n) is 17.0. The number of amides is 1. The fraction of sp³-hybridized carbons (Fsp3) is 0.125. The Balaban J connectivity index is 1.82. The van der Waals surface area contributed by atoms with E-state index in [1.54, 1.807) is 32.7 Å². The van der Waals surface area contributed by atoms with E-state index in [0.717, 1.165) is 22.0 Å². The fourth-order valence-electron chi connectivity index (χ4n) is 3.29. The van der Waals surface area contributed by atoms with E-state index in [0.29, 0.717) is 28.4 Å². The van der Waals surface area contributed by atoms with Crippen molar-refractivity contribution >= 4 is 22.5 Å². The highest BCUT2D eigenvalue weighted by atomic mass is 16.5. The largest absolute Gasteiger partial charge is 0.493 e. The third-order valence-electron chi connectivity index (χ3n) is 4.93. The van der Waals surface area contributed by atoms with Gasteiger partial charge < -0.3 is 14.8 Å². The van der Waals surface area contributed by atoms with E-state index >= 15 is 0 Å². The summed E-state index contributed by atoms with van der Waals surface area (Å²) in [4.78, 5) is 22.0. The summed E-state index contributed by atoms with van der Waals surface area (Å²) in [5.74, 6) is 1.01. The van der Waals surface area contributed by atoms with E-state index in [1.807, 2.05) is 55.5 Å². The Morgan fingerprint density at radius 3 is 2.53 bits per heavy atom. The predicted octanol–water partition coefficient (Wildman–Crippen LogP) is 4.87. The Hall–Kier alpha value is -3.93. The molecule has 0 radical (unpaired) electrons. The smallest absolute Gasteiger partial charge is 0.256 e. The van der Waals surface area contributed by atoms with Crippen molar-refractivity contribution in [2.45, 2.75) is 6.92 Å². The van der Waals surface area contributed by atoms with Gasteiger partial charge in [0.2, 0.25) is 0 Å². The van der Waals surface area contributed by atoms with Gasteiger partial charge in [0.05, 0.1) is 42.9 Å². The van der Waals surface area contributed by atoms with Crippen LogP contribution in [0.2, 0.25) is 0 Å². The molecule has 30 heavy (non-hydrogen) atoms. The average molecular weight is 399 g/mol. The number of carbonyl (C=O) groups is 1. The van der Waals surface area contributed by atoms with E-state index in [2.05, 4.69) is 10.3 Å². The lowest BCUT2D eigenvalue weighted by molar-refractivity contribution is 0.102. The molecule has 0 aliphatic heterocycles. The number of fused-ring (bicyclic) bond motifs is 1. The van der Waals surface area contributed by atoms with Crippen LogP contribution in [0.3, 0.4) is 0 Å². The normalized spacial score (nSPS) is 10.6. The molecule has 4 rings (SSSR count). The van der Waals surface area contributed by atoms with Crippen LogP contribution in [0.15, 0.2) is 67.0 Å². The van der Waals surface area contributed by atoms with Crippen molar-refractivity contribution in [3.63, 3.8) is 0 Å². The van der Waals surface area contributed by atoms with Crippen molar-refractivity contribution < 1.29 is 14.3 Å². The number of nitrogens with one attached hydrogen (secondary N) is 1. The van der Waals surface area contributed by atoms with Crippen LogP contribution in [0, 0.1) is 6.92 Å². The number of nitrogens with zero attached hydrogens (tertiary/aromatic N) is 2. The van der Waals surface area contributed by atoms with Crippen LogP contribution in [-0.4, -0.2) is 30.1 Å². The molecule has 0 unspecified atom stereocenters. The summed E-state index contributed by atoms with van der Waals surface area (Å²) < 4.78 is 10.7. The molecule has 0 aliphatic rings. The molecule has 1 N–H and O–H groups in total. The van der Waals surface area contributed by atoms with Gasteiger partial charge in [-0.3, -0.25) is 9.78 Å². The molecular formula is C24H21N3O3. The van der Waals surface area contributed by atoms with Gasteiger partial charge in [0.25, 0.3) is 5.91 Å². The Morgan fingerprint density at radius 2 is 1.77 bits per heavy atom. The molecule has 4 aromatic rings. The van der Waals surface area contributed by atoms with Crippen molar-refractivity contribution in [2.24, 2.45) is 0 Å². The van der Waals surface area contributed by atoms with Crippen LogP contribution in [-0.2, 0) is 0 Å². The number of aromatic nitrogens is 2. The number of methoxy groups -OCH3 is 2. The fourth-order valence-corrected chi connectivity index (χ4v) is 3.29. The maximum Gasteiger partial charge on any atom is 0.256 e. The van der Waals surface area contributed by atoms with Gasteiger partial charge in [0.15, 0.2) is 11.5 Å². The molecule has 0 bridgehead atoms. The van der Waals surface area contributed by atoms with Crippen LogP contribution in [0.1, 0.15) is 15.9 Å². The lowest BCUT2D eigenvalue weighted by atomic mass is 10.0. The molecule has 0 aliphatic carbocycles. The highest BCUT2D eigenvalue weighted by Gasteiger charge is 2.16. The number of hydrogen-bond donors (Lipinski definition) is 1. The first-order chi connectivity index (χ1) is 14.6. The number of carbonyl (C=O) groups excluding carboxylic acids is 1. The third kappa shape index (κ3) is 3.67. The summed E-state index contributed by atoms with van der Waals surface area (Å²) in [6, 6.07) is 16.8. The van der Waals surface area contributed by atoms with E-state index in [9.17, 15) is 4.79 Å². The molecule has 150 valence electrons. The van der Waals surface area contributed by atoms with Crippen molar-refractivity contribution in [3.8, 4) is 22.8 Å². The number of hydrogen-bond acceptors (Lipinski definition) is 5. The molecule has 0 spiro atoms. The SMILES string of the molecule is COc1ccc(-c2cc(C(=O)Nc3cnccc3C)c3ccccc3n2)cc1OC. The molecule has 1 amide bonds. The van der Waals surface area contributed by atoms with Gasteiger partial charge in [0, 0.05) is 17.1 Å². The van der Waals surface area contributed by atoms with Gasteiger partial charge in [-0.2, -0.15) is 0 Å². The zero-order valence-corrected chi connectivity index (χ0v) is 17.0. The zero-order chi connectivity index (χ0) is 21.1. The van der Waals surface area contributed by atoms with Crippen molar-refractivity contribution in [1.29, 1.82) is 0 Å². The maximum absolute atomic E-state index is 13.2. The second-order valence-corrected chi connectivity index (χ2v) is 6.79. The minimum Gasteiger partial charge on any atom is -0.493 e. The minimum atomic E-state index is -0.216. The first-order valence-electron chi connectivity index (χ1n) is 9.45. The van der Waals surface area contributed by atoms with Gasteiger partial charge in [-0.25, -0.2) is 4.98 Å². The predicted molar refractivity (Wildman–Crippen MR) is 117 cm³/mol. The number of anilines is 1. The van der Waals surface area contributed by atoms with Crippen LogP contribution in [0.25, 0.3) is 22.2 Å². The topological polar surface area (TPSA) is 73.3 Å². The average Bonchev–Trinajstić information content (AvgIpc) is 2.79. The van der Waals surface area contributed by atoms with Gasteiger partial charge in [-0.05, 0) is 48.9 Å². The molecule has 0 saturated heterocycles. The van der Waals surface area contributed by atoms with E-state index in [1.165, 1.54) is 0 Å². The Morgan fingerprint density at radius 1 is 0.967 bits per heavy atom. The highest BCUT2D eigenvalue weighted by molar-refractivity contribution is 6.13. The summed E-state index contributed by atoms with van der Waals surface area (Å²) in [6.45, 7) is 1.93. The summed E-state index contributed by atoms with van der Waals surface area (Å²) in [5.41, 5.74) is 4.38. The highest BCUT2D eigenvalue weighted by Crippen LogP contribution is 2.33. The lowest BCUT2D eigenvalue weighted by Gasteiger charge is -2.13.